The number of fused-ring (bicyclic) bond motifs is 1. The van der Waals surface area contributed by atoms with Crippen molar-refractivity contribution in [2.75, 3.05) is 5.73 Å². The summed E-state index contributed by atoms with van der Waals surface area (Å²) in [6, 6.07) is 13.3. The highest BCUT2D eigenvalue weighted by Gasteiger charge is 2.08. The molecule has 2 aromatic heterocycles. The van der Waals surface area contributed by atoms with Crippen molar-refractivity contribution < 1.29 is 4.74 Å². The number of ether oxygens (including phenoxy) is 1. The summed E-state index contributed by atoms with van der Waals surface area (Å²) in [6.07, 6.45) is 0. The Morgan fingerprint density at radius 3 is 2.68 bits per heavy atom. The summed E-state index contributed by atoms with van der Waals surface area (Å²) in [4.78, 5) is 4.39. The molecule has 0 spiro atoms. The van der Waals surface area contributed by atoms with Crippen molar-refractivity contribution in [3.8, 4) is 5.75 Å². The van der Waals surface area contributed by atoms with Crippen molar-refractivity contribution in [2.45, 2.75) is 13.5 Å². The Kier molecular flexibility index (Phi) is 2.79. The van der Waals surface area contributed by atoms with Gasteiger partial charge in [-0.1, -0.05) is 18.2 Å². The Hall–Kier alpha value is -2.56. The molecule has 0 unspecified atom stereocenters. The third kappa shape index (κ3) is 2.22. The van der Waals surface area contributed by atoms with Crippen LogP contribution in [0.3, 0.4) is 0 Å². The zero-order valence-electron chi connectivity index (χ0n) is 10.6. The zero-order valence-corrected chi connectivity index (χ0v) is 10.6. The Bertz CT molecular complexity index is 667. The molecule has 1 aromatic carbocycles. The van der Waals surface area contributed by atoms with E-state index in [-0.39, 0.29) is 0 Å². The van der Waals surface area contributed by atoms with Gasteiger partial charge in [0.05, 0.1) is 5.69 Å². The lowest BCUT2D eigenvalue weighted by molar-refractivity contribution is 0.296. The summed E-state index contributed by atoms with van der Waals surface area (Å²) >= 11 is 0. The van der Waals surface area contributed by atoms with E-state index in [4.69, 9.17) is 10.5 Å². The summed E-state index contributed by atoms with van der Waals surface area (Å²) in [6.45, 7) is 2.29. The largest absolute Gasteiger partial charge is 0.486 e. The Morgan fingerprint density at radius 1 is 1.16 bits per heavy atom. The van der Waals surface area contributed by atoms with Crippen LogP contribution >= 0.6 is 0 Å². The lowest BCUT2D eigenvalue weighted by Crippen LogP contribution is -1.99. The van der Waals surface area contributed by atoms with Crippen LogP contribution in [0.5, 0.6) is 5.75 Å². The second-order valence-electron chi connectivity index (χ2n) is 4.30. The van der Waals surface area contributed by atoms with E-state index in [9.17, 15) is 0 Å². The van der Waals surface area contributed by atoms with Gasteiger partial charge in [0.2, 0.25) is 0 Å². The fourth-order valence-corrected chi connectivity index (χ4v) is 1.87. The molecule has 0 aliphatic carbocycles. The van der Waals surface area contributed by atoms with Crippen LogP contribution in [0.2, 0.25) is 0 Å². The van der Waals surface area contributed by atoms with Crippen molar-refractivity contribution >= 4 is 11.3 Å². The van der Waals surface area contributed by atoms with E-state index in [2.05, 4.69) is 10.1 Å². The van der Waals surface area contributed by atoms with Crippen LogP contribution in [0.25, 0.3) is 5.65 Å². The van der Waals surface area contributed by atoms with E-state index in [0.29, 0.717) is 23.8 Å². The van der Waals surface area contributed by atoms with Gasteiger partial charge in [-0.25, -0.2) is 9.50 Å². The lowest BCUT2D eigenvalue weighted by atomic mass is 10.3. The third-order valence-corrected chi connectivity index (χ3v) is 2.86. The fraction of sp³-hybridized carbons (Fsp3) is 0.143. The first-order valence-corrected chi connectivity index (χ1v) is 6.02. The monoisotopic (exact) mass is 254 g/mol. The maximum absolute atomic E-state index is 5.88. The molecule has 0 amide bonds. The quantitative estimate of drug-likeness (QED) is 0.778. The number of rotatable bonds is 3. The second-order valence-corrected chi connectivity index (χ2v) is 4.30. The maximum atomic E-state index is 5.88. The number of nitrogens with zero attached hydrogens (tertiary/aromatic N) is 3. The van der Waals surface area contributed by atoms with Crippen LogP contribution in [-0.2, 0) is 6.61 Å². The van der Waals surface area contributed by atoms with Crippen molar-refractivity contribution in [1.82, 2.24) is 14.6 Å². The van der Waals surface area contributed by atoms with Gasteiger partial charge in [-0.2, -0.15) is 0 Å². The molecule has 3 aromatic rings. The van der Waals surface area contributed by atoms with E-state index < -0.39 is 0 Å². The molecule has 0 fully saturated rings. The van der Waals surface area contributed by atoms with Gasteiger partial charge >= 0.3 is 0 Å². The molecule has 0 atom stereocenters. The number of hydrogen-bond donors (Lipinski definition) is 1. The number of aromatic nitrogens is 3. The minimum absolute atomic E-state index is 0.324. The first-order valence-electron chi connectivity index (χ1n) is 6.02. The number of nitrogen functional groups attached to an aromatic ring is 1. The van der Waals surface area contributed by atoms with Gasteiger partial charge in [-0.3, -0.25) is 0 Å². The standard InChI is InChI=1S/C14H14N4O/c1-10-7-8-12(15)14-16-13(17-18(10)14)9-19-11-5-3-2-4-6-11/h2-8H,9,15H2,1H3. The number of aryl methyl sites for hydroxylation is 1. The number of benzene rings is 1. The van der Waals surface area contributed by atoms with Crippen LogP contribution in [0.15, 0.2) is 42.5 Å². The number of nitrogens with two attached hydrogens (primary N) is 1. The predicted octanol–water partition coefficient (Wildman–Crippen LogP) is 2.20. The molecule has 0 saturated heterocycles. The summed E-state index contributed by atoms with van der Waals surface area (Å²) in [5, 5.41) is 4.39. The minimum atomic E-state index is 0.324. The molecule has 0 radical (unpaired) electrons. The zero-order chi connectivity index (χ0) is 13.2. The van der Waals surface area contributed by atoms with Gasteiger partial charge in [0.1, 0.15) is 12.4 Å². The molecule has 96 valence electrons. The second kappa shape index (κ2) is 4.61. The van der Waals surface area contributed by atoms with Gasteiger partial charge in [0.25, 0.3) is 0 Å². The Morgan fingerprint density at radius 2 is 1.95 bits per heavy atom. The van der Waals surface area contributed by atoms with E-state index in [0.717, 1.165) is 11.4 Å². The highest BCUT2D eigenvalue weighted by molar-refractivity contribution is 5.64. The van der Waals surface area contributed by atoms with Gasteiger partial charge < -0.3 is 10.5 Å². The molecule has 5 nitrogen and oxygen atoms in total. The smallest absolute Gasteiger partial charge is 0.189 e. The molecule has 5 heteroatoms. The minimum Gasteiger partial charge on any atom is -0.486 e. The molecule has 2 heterocycles. The molecule has 0 aliphatic heterocycles. The van der Waals surface area contributed by atoms with Crippen LogP contribution in [0.4, 0.5) is 5.69 Å². The van der Waals surface area contributed by atoms with Gasteiger partial charge in [0.15, 0.2) is 11.5 Å². The molecule has 19 heavy (non-hydrogen) atoms. The van der Waals surface area contributed by atoms with Crippen molar-refractivity contribution in [1.29, 1.82) is 0 Å². The summed E-state index contributed by atoms with van der Waals surface area (Å²) in [5.74, 6) is 1.41. The van der Waals surface area contributed by atoms with Crippen LogP contribution in [0, 0.1) is 6.92 Å². The first-order chi connectivity index (χ1) is 9.24. The van der Waals surface area contributed by atoms with E-state index in [1.807, 2.05) is 49.4 Å². The molecule has 3 rings (SSSR count). The molecule has 0 bridgehead atoms. The van der Waals surface area contributed by atoms with E-state index in [1.165, 1.54) is 0 Å². The molecular weight excluding hydrogens is 240 g/mol. The van der Waals surface area contributed by atoms with E-state index in [1.54, 1.807) is 4.52 Å². The maximum Gasteiger partial charge on any atom is 0.189 e. The summed E-state index contributed by atoms with van der Waals surface area (Å²) < 4.78 is 7.36. The number of hydrogen-bond acceptors (Lipinski definition) is 4. The molecule has 2 N–H and O–H groups in total. The predicted molar refractivity (Wildman–Crippen MR) is 72.9 cm³/mol. The van der Waals surface area contributed by atoms with Crippen molar-refractivity contribution in [2.24, 2.45) is 0 Å². The fourth-order valence-electron chi connectivity index (χ4n) is 1.87. The van der Waals surface area contributed by atoms with Gasteiger partial charge in [0, 0.05) is 5.69 Å². The Balaban J connectivity index is 1.86. The average Bonchev–Trinajstić information content (AvgIpc) is 2.87. The van der Waals surface area contributed by atoms with Crippen LogP contribution < -0.4 is 10.5 Å². The van der Waals surface area contributed by atoms with E-state index >= 15 is 0 Å². The number of para-hydroxylation sites is 1. The molecule has 0 saturated carbocycles. The highest BCUT2D eigenvalue weighted by atomic mass is 16.5. The lowest BCUT2D eigenvalue weighted by Gasteiger charge is -2.01. The Labute approximate surface area is 110 Å². The van der Waals surface area contributed by atoms with Crippen LogP contribution in [0.1, 0.15) is 11.5 Å². The van der Waals surface area contributed by atoms with Crippen LogP contribution in [-0.4, -0.2) is 14.6 Å². The average molecular weight is 254 g/mol. The van der Waals surface area contributed by atoms with Crippen molar-refractivity contribution in [3.63, 3.8) is 0 Å². The highest BCUT2D eigenvalue weighted by Crippen LogP contribution is 2.15. The SMILES string of the molecule is Cc1ccc(N)c2nc(COc3ccccc3)nn12. The summed E-state index contributed by atoms with van der Waals surface area (Å²) in [5.41, 5.74) is 8.16. The van der Waals surface area contributed by atoms with Gasteiger partial charge in [-0.15, -0.1) is 5.10 Å². The summed E-state index contributed by atoms with van der Waals surface area (Å²) in [7, 11) is 0. The number of pyridine rings is 1. The van der Waals surface area contributed by atoms with Gasteiger partial charge in [-0.05, 0) is 31.2 Å². The third-order valence-electron chi connectivity index (χ3n) is 2.86. The topological polar surface area (TPSA) is 65.4 Å². The molecule has 0 aliphatic rings. The first kappa shape index (κ1) is 11.5. The normalized spacial score (nSPS) is 10.8. The number of anilines is 1. The van der Waals surface area contributed by atoms with Crippen molar-refractivity contribution in [3.05, 3.63) is 54.0 Å². The molecular formula is C14H14N4O.